The van der Waals surface area contributed by atoms with Crippen molar-refractivity contribution >= 4 is 23.2 Å². The predicted molar refractivity (Wildman–Crippen MR) is 81.5 cm³/mol. The highest BCUT2D eigenvalue weighted by atomic mass is 35.5. The number of hydrogen-bond donors (Lipinski definition) is 1. The lowest BCUT2D eigenvalue weighted by molar-refractivity contribution is 0.102. The summed E-state index contributed by atoms with van der Waals surface area (Å²) >= 11 is 5.74. The van der Waals surface area contributed by atoms with E-state index in [2.05, 4.69) is 5.32 Å². The molecule has 1 N–H and O–H groups in total. The molecule has 5 heteroatoms. The Labute approximate surface area is 127 Å². The van der Waals surface area contributed by atoms with Crippen LogP contribution >= 0.6 is 11.6 Å². The molecule has 110 valence electrons. The number of nitrogens with one attached hydrogen (secondary N) is 1. The van der Waals surface area contributed by atoms with Crippen molar-refractivity contribution in [2.75, 3.05) is 11.9 Å². The van der Waals surface area contributed by atoms with Crippen LogP contribution in [0.15, 0.2) is 42.5 Å². The highest BCUT2D eigenvalue weighted by molar-refractivity contribution is 6.17. The fourth-order valence-electron chi connectivity index (χ4n) is 1.85. The minimum atomic E-state index is -0.510. The zero-order valence-corrected chi connectivity index (χ0v) is 12.3. The number of hydrogen-bond acceptors (Lipinski definition) is 2. The van der Waals surface area contributed by atoms with Crippen molar-refractivity contribution in [2.24, 2.45) is 0 Å². The Hall–Kier alpha value is -2.07. The van der Waals surface area contributed by atoms with E-state index < -0.39 is 5.82 Å². The van der Waals surface area contributed by atoms with Gasteiger partial charge < -0.3 is 10.1 Å². The van der Waals surface area contributed by atoms with Gasteiger partial charge in [0.05, 0.1) is 6.61 Å². The first kappa shape index (κ1) is 15.3. The molecule has 0 radical (unpaired) electrons. The molecule has 2 aromatic carbocycles. The number of alkyl halides is 1. The topological polar surface area (TPSA) is 38.3 Å². The number of amides is 1. The first-order valence-electron chi connectivity index (χ1n) is 6.52. The molecular formula is C16H15ClFNO2. The van der Waals surface area contributed by atoms with Gasteiger partial charge in [0.1, 0.15) is 0 Å². The molecule has 0 spiro atoms. The predicted octanol–water partition coefficient (Wildman–Crippen LogP) is 4.22. The largest absolute Gasteiger partial charge is 0.491 e. The van der Waals surface area contributed by atoms with E-state index in [1.54, 1.807) is 31.2 Å². The molecule has 0 bridgehead atoms. The maximum absolute atomic E-state index is 13.7. The van der Waals surface area contributed by atoms with E-state index in [-0.39, 0.29) is 11.7 Å². The van der Waals surface area contributed by atoms with Gasteiger partial charge in [0.25, 0.3) is 5.91 Å². The molecule has 0 aliphatic heterocycles. The van der Waals surface area contributed by atoms with Crippen LogP contribution < -0.4 is 10.1 Å². The van der Waals surface area contributed by atoms with Crippen molar-refractivity contribution < 1.29 is 13.9 Å². The van der Waals surface area contributed by atoms with Crippen LogP contribution in [0.5, 0.6) is 5.75 Å². The van der Waals surface area contributed by atoms with Crippen molar-refractivity contribution in [2.45, 2.75) is 12.8 Å². The zero-order valence-electron chi connectivity index (χ0n) is 11.5. The molecule has 1 amide bonds. The maximum Gasteiger partial charge on any atom is 0.255 e. The van der Waals surface area contributed by atoms with Gasteiger partial charge >= 0.3 is 0 Å². The molecule has 0 heterocycles. The average molecular weight is 308 g/mol. The van der Waals surface area contributed by atoms with Gasteiger partial charge in [0, 0.05) is 23.2 Å². The summed E-state index contributed by atoms with van der Waals surface area (Å²) in [5.74, 6) is -0.326. The fraction of sp³-hybridized carbons (Fsp3) is 0.188. The van der Waals surface area contributed by atoms with Crippen LogP contribution in [0.25, 0.3) is 0 Å². The smallest absolute Gasteiger partial charge is 0.255 e. The number of benzene rings is 2. The number of rotatable bonds is 5. The number of ether oxygens (including phenoxy) is 1. The molecule has 0 fully saturated rings. The standard InChI is InChI=1S/C16H15ClFNO2/c1-2-21-15-7-6-13(9-14(15)18)19-16(20)12-5-3-4-11(8-12)10-17/h3-9H,2,10H2,1H3,(H,19,20). The summed E-state index contributed by atoms with van der Waals surface area (Å²) in [6.45, 7) is 2.16. The van der Waals surface area contributed by atoms with E-state index in [4.69, 9.17) is 16.3 Å². The van der Waals surface area contributed by atoms with Crippen LogP contribution in [0, 0.1) is 5.82 Å². The van der Waals surface area contributed by atoms with Gasteiger partial charge in [-0.2, -0.15) is 0 Å². The van der Waals surface area contributed by atoms with Gasteiger partial charge in [-0.15, -0.1) is 11.6 Å². The maximum atomic E-state index is 13.7. The number of carbonyl (C=O) groups is 1. The van der Waals surface area contributed by atoms with E-state index >= 15 is 0 Å². The van der Waals surface area contributed by atoms with Crippen molar-refractivity contribution in [3.05, 3.63) is 59.4 Å². The molecule has 0 unspecified atom stereocenters. The Balaban J connectivity index is 2.13. The second kappa shape index (κ2) is 7.09. The second-order valence-electron chi connectivity index (χ2n) is 4.37. The molecule has 2 aromatic rings. The fourth-order valence-corrected chi connectivity index (χ4v) is 2.02. The van der Waals surface area contributed by atoms with Crippen LogP contribution in [-0.4, -0.2) is 12.5 Å². The molecule has 21 heavy (non-hydrogen) atoms. The van der Waals surface area contributed by atoms with Crippen molar-refractivity contribution in [1.29, 1.82) is 0 Å². The monoisotopic (exact) mass is 307 g/mol. The summed E-state index contributed by atoms with van der Waals surface area (Å²) in [6.07, 6.45) is 0. The van der Waals surface area contributed by atoms with Gasteiger partial charge in [0.2, 0.25) is 0 Å². The third kappa shape index (κ3) is 3.95. The van der Waals surface area contributed by atoms with Crippen LogP contribution in [0.1, 0.15) is 22.8 Å². The molecular weight excluding hydrogens is 293 g/mol. The van der Waals surface area contributed by atoms with E-state index in [9.17, 15) is 9.18 Å². The van der Waals surface area contributed by atoms with Gasteiger partial charge in [-0.3, -0.25) is 4.79 Å². The lowest BCUT2D eigenvalue weighted by Gasteiger charge is -2.09. The zero-order chi connectivity index (χ0) is 15.2. The van der Waals surface area contributed by atoms with Gasteiger partial charge in [0.15, 0.2) is 11.6 Å². The highest BCUT2D eigenvalue weighted by Crippen LogP contribution is 2.21. The van der Waals surface area contributed by atoms with Crippen molar-refractivity contribution in [3.63, 3.8) is 0 Å². The Bertz CT molecular complexity index is 646. The summed E-state index contributed by atoms with van der Waals surface area (Å²) in [5.41, 5.74) is 1.70. The Morgan fingerprint density at radius 2 is 2.10 bits per heavy atom. The molecule has 0 aliphatic carbocycles. The van der Waals surface area contributed by atoms with Crippen molar-refractivity contribution in [1.82, 2.24) is 0 Å². The molecule has 0 aliphatic rings. The SMILES string of the molecule is CCOc1ccc(NC(=O)c2cccc(CCl)c2)cc1F. The molecule has 3 nitrogen and oxygen atoms in total. The molecule has 2 rings (SSSR count). The summed E-state index contributed by atoms with van der Waals surface area (Å²) in [7, 11) is 0. The quantitative estimate of drug-likeness (QED) is 0.840. The van der Waals surface area contributed by atoms with Crippen LogP contribution in [0.4, 0.5) is 10.1 Å². The minimum absolute atomic E-state index is 0.166. The number of halogens is 2. The molecule has 0 saturated carbocycles. The Morgan fingerprint density at radius 3 is 2.76 bits per heavy atom. The van der Waals surface area contributed by atoms with Gasteiger partial charge in [-0.25, -0.2) is 4.39 Å². The summed E-state index contributed by atoms with van der Waals surface area (Å²) in [5, 5.41) is 2.64. The average Bonchev–Trinajstić information content (AvgIpc) is 2.50. The third-order valence-corrected chi connectivity index (χ3v) is 3.14. The van der Waals surface area contributed by atoms with E-state index in [1.165, 1.54) is 12.1 Å². The summed E-state index contributed by atoms with van der Waals surface area (Å²) < 4.78 is 18.8. The van der Waals surface area contributed by atoms with E-state index in [1.807, 2.05) is 6.07 Å². The normalized spacial score (nSPS) is 10.2. The second-order valence-corrected chi connectivity index (χ2v) is 4.63. The van der Waals surface area contributed by atoms with Gasteiger partial charge in [-0.05, 0) is 36.8 Å². The van der Waals surface area contributed by atoms with Crippen LogP contribution in [0.2, 0.25) is 0 Å². The Kier molecular flexibility index (Phi) is 5.17. The lowest BCUT2D eigenvalue weighted by atomic mass is 10.1. The van der Waals surface area contributed by atoms with E-state index in [0.29, 0.717) is 23.7 Å². The van der Waals surface area contributed by atoms with E-state index in [0.717, 1.165) is 5.56 Å². The minimum Gasteiger partial charge on any atom is -0.491 e. The molecule has 0 aromatic heterocycles. The number of anilines is 1. The third-order valence-electron chi connectivity index (χ3n) is 2.83. The highest BCUT2D eigenvalue weighted by Gasteiger charge is 2.09. The van der Waals surface area contributed by atoms with Crippen LogP contribution in [0.3, 0.4) is 0 Å². The summed E-state index contributed by atoms with van der Waals surface area (Å²) in [4.78, 5) is 12.1. The Morgan fingerprint density at radius 1 is 1.29 bits per heavy atom. The first-order chi connectivity index (χ1) is 10.1. The van der Waals surface area contributed by atoms with Crippen molar-refractivity contribution in [3.8, 4) is 5.75 Å². The molecule has 0 saturated heterocycles. The summed E-state index contributed by atoms with van der Waals surface area (Å²) in [6, 6.07) is 11.3. The lowest BCUT2D eigenvalue weighted by Crippen LogP contribution is -2.12. The van der Waals surface area contributed by atoms with Crippen LogP contribution in [-0.2, 0) is 5.88 Å². The first-order valence-corrected chi connectivity index (χ1v) is 7.06. The van der Waals surface area contributed by atoms with Gasteiger partial charge in [-0.1, -0.05) is 12.1 Å². The number of carbonyl (C=O) groups excluding carboxylic acids is 1. The molecule has 0 atom stereocenters.